The van der Waals surface area contributed by atoms with Gasteiger partial charge >= 0.3 is 39.0 Å². The molecular formula is C20H40N4S8Zn2. The first-order valence-corrected chi connectivity index (χ1v) is 14.1. The molecule has 0 aliphatic carbocycles. The van der Waals surface area contributed by atoms with E-state index in [0.29, 0.717) is 17.3 Å². The van der Waals surface area contributed by atoms with Crippen molar-refractivity contribution in [3.63, 3.8) is 0 Å². The molecule has 0 amide bonds. The number of rotatable bonds is 12. The van der Waals surface area contributed by atoms with E-state index in [4.69, 9.17) is 0 Å². The van der Waals surface area contributed by atoms with Gasteiger partial charge in [0.25, 0.3) is 0 Å². The molecule has 0 aromatic rings. The summed E-state index contributed by atoms with van der Waals surface area (Å²) in [5.41, 5.74) is 0. The Morgan fingerprint density at radius 1 is 0.441 bits per heavy atom. The molecule has 0 rings (SSSR count). The molecule has 0 aromatic carbocycles. The summed E-state index contributed by atoms with van der Waals surface area (Å²) in [6.07, 6.45) is 9.34. The van der Waals surface area contributed by atoms with Crippen molar-refractivity contribution in [3.8, 4) is 0 Å². The van der Waals surface area contributed by atoms with Crippen LogP contribution in [0.15, 0.2) is 0 Å². The number of hydrogen-bond donors (Lipinski definition) is 4. The first kappa shape index (κ1) is 48.7. The molecule has 0 bridgehead atoms. The SMILES string of the molecule is CCCCNC(=S)[S-].CCCCNC(=S)[S-].CCCCNC(=S)[S-].CCCCNC(=S)[S-].[Zn+2].[Zn+2]. The van der Waals surface area contributed by atoms with Crippen LogP contribution in [0.25, 0.3) is 0 Å². The zero-order valence-electron chi connectivity index (χ0n) is 21.2. The summed E-state index contributed by atoms with van der Waals surface area (Å²) in [5, 5.41) is 11.6. The van der Waals surface area contributed by atoms with Crippen molar-refractivity contribution >= 4 is 117 Å². The van der Waals surface area contributed by atoms with Crippen molar-refractivity contribution < 1.29 is 39.0 Å². The summed E-state index contributed by atoms with van der Waals surface area (Å²) in [5.74, 6) is 0. The van der Waals surface area contributed by atoms with Gasteiger partial charge in [0.1, 0.15) is 0 Å². The molecule has 4 N–H and O–H groups in total. The summed E-state index contributed by atoms with van der Waals surface area (Å²) < 4.78 is 1.94. The van der Waals surface area contributed by atoms with Gasteiger partial charge in [0.2, 0.25) is 0 Å². The van der Waals surface area contributed by atoms with Crippen molar-refractivity contribution in [2.75, 3.05) is 26.2 Å². The Hall–Kier alpha value is 1.69. The van der Waals surface area contributed by atoms with Crippen LogP contribution in [0.3, 0.4) is 0 Å². The molecule has 0 fully saturated rings. The molecule has 0 heterocycles. The largest absolute Gasteiger partial charge is 2.00 e. The van der Waals surface area contributed by atoms with Gasteiger partial charge < -0.3 is 121 Å². The van der Waals surface area contributed by atoms with Crippen LogP contribution < -0.4 is 21.3 Å². The van der Waals surface area contributed by atoms with E-state index in [1.165, 1.54) is 25.7 Å². The average Bonchev–Trinajstić information content (AvgIpc) is 2.69. The topological polar surface area (TPSA) is 48.1 Å². The second-order valence-electron chi connectivity index (χ2n) is 6.27. The molecule has 14 heteroatoms. The van der Waals surface area contributed by atoms with Gasteiger partial charge in [0.15, 0.2) is 0 Å². The Bertz CT molecular complexity index is 382. The summed E-state index contributed by atoms with van der Waals surface area (Å²) >= 11 is 36.9. The molecule has 0 spiro atoms. The quantitative estimate of drug-likeness (QED) is 0.0967. The molecule has 0 aliphatic heterocycles. The maximum absolute atomic E-state index is 4.61. The fourth-order valence-electron chi connectivity index (χ4n) is 1.47. The Labute approximate surface area is 279 Å². The van der Waals surface area contributed by atoms with Crippen molar-refractivity contribution in [1.29, 1.82) is 0 Å². The molecule has 0 saturated heterocycles. The smallest absolute Gasteiger partial charge is 0.412 e. The second kappa shape index (κ2) is 44.7. The molecule has 0 unspecified atom stereocenters. The Balaban J connectivity index is -0.0000000754. The first-order chi connectivity index (χ1) is 15.1. The molecule has 34 heavy (non-hydrogen) atoms. The first-order valence-electron chi connectivity index (χ1n) is 10.9. The van der Waals surface area contributed by atoms with Crippen molar-refractivity contribution in [2.24, 2.45) is 0 Å². The summed E-state index contributed by atoms with van der Waals surface area (Å²) in [4.78, 5) is 0. The molecule has 0 atom stereocenters. The third-order valence-corrected chi connectivity index (χ3v) is 4.35. The van der Waals surface area contributed by atoms with Crippen LogP contribution in [0.2, 0.25) is 0 Å². The van der Waals surface area contributed by atoms with E-state index < -0.39 is 0 Å². The predicted octanol–water partition coefficient (Wildman–Crippen LogP) is 4.83. The maximum atomic E-state index is 4.61. The van der Waals surface area contributed by atoms with E-state index in [9.17, 15) is 0 Å². The third kappa shape index (κ3) is 76.5. The van der Waals surface area contributed by atoms with Gasteiger partial charge in [0, 0.05) is 26.2 Å². The minimum Gasteiger partial charge on any atom is -0.412 e. The van der Waals surface area contributed by atoms with Gasteiger partial charge in [-0.3, -0.25) is 0 Å². The van der Waals surface area contributed by atoms with Gasteiger partial charge in [-0.1, -0.05) is 70.7 Å². The van der Waals surface area contributed by atoms with Crippen LogP contribution >= 0.6 is 48.9 Å². The normalized spacial score (nSPS) is 8.12. The van der Waals surface area contributed by atoms with E-state index in [0.717, 1.165) is 51.9 Å². The van der Waals surface area contributed by atoms with Crippen LogP contribution in [0, 0.1) is 0 Å². The van der Waals surface area contributed by atoms with Crippen LogP contribution in [-0.2, 0) is 89.5 Å². The standard InChI is InChI=1S/4C5H11NS2.2Zn/c4*1-2-3-4-6-5(7)8;;/h4*2-4H2,1H3,(H2,6,7,8);;/q;;;;2*+2/p-4. The van der Waals surface area contributed by atoms with E-state index in [1.807, 2.05) is 0 Å². The zero-order valence-corrected chi connectivity index (χ0v) is 33.6. The van der Waals surface area contributed by atoms with Crippen LogP contribution in [0.4, 0.5) is 0 Å². The monoisotopic (exact) mass is 720 g/mol. The van der Waals surface area contributed by atoms with Gasteiger partial charge in [0.05, 0.1) is 0 Å². The van der Waals surface area contributed by atoms with Crippen molar-refractivity contribution in [3.05, 3.63) is 0 Å². The fraction of sp³-hybridized carbons (Fsp3) is 0.800. The maximum Gasteiger partial charge on any atom is 2.00 e. The van der Waals surface area contributed by atoms with Crippen LogP contribution in [-0.4, -0.2) is 43.5 Å². The minimum absolute atomic E-state index is 0. The van der Waals surface area contributed by atoms with E-state index in [1.54, 1.807) is 0 Å². The Morgan fingerprint density at radius 3 is 0.676 bits per heavy atom. The second-order valence-corrected chi connectivity index (χ2v) is 10.6. The van der Waals surface area contributed by atoms with Crippen molar-refractivity contribution in [2.45, 2.75) is 79.1 Å². The van der Waals surface area contributed by atoms with Crippen LogP contribution in [0.5, 0.6) is 0 Å². The Morgan fingerprint density at radius 2 is 0.588 bits per heavy atom. The molecule has 0 radical (unpaired) electrons. The van der Waals surface area contributed by atoms with E-state index >= 15 is 0 Å². The van der Waals surface area contributed by atoms with Gasteiger partial charge in [-0.15, -0.1) is 0 Å². The third-order valence-electron chi connectivity index (χ3n) is 3.20. The number of unbranched alkanes of at least 4 members (excludes halogenated alkanes) is 4. The molecule has 0 aliphatic rings. The van der Waals surface area contributed by atoms with Gasteiger partial charge in [-0.05, 0) is 25.7 Å². The minimum atomic E-state index is 0. The summed E-state index contributed by atoms with van der Waals surface area (Å²) in [6, 6.07) is 0. The van der Waals surface area contributed by atoms with E-state index in [2.05, 4.69) is 148 Å². The molecule has 0 aromatic heterocycles. The molecule has 192 valence electrons. The zero-order chi connectivity index (χ0) is 25.6. The van der Waals surface area contributed by atoms with Gasteiger partial charge in [-0.2, -0.15) is 0 Å². The molecular weight excluding hydrogens is 684 g/mol. The number of nitrogens with one attached hydrogen (secondary N) is 4. The molecule has 4 nitrogen and oxygen atoms in total. The Kier molecular flexibility index (Phi) is 64.0. The average molecular weight is 724 g/mol. The predicted molar refractivity (Wildman–Crippen MR) is 171 cm³/mol. The number of thiocarbonyl (C=S) groups is 4. The summed E-state index contributed by atoms with van der Waals surface area (Å²) in [6.45, 7) is 12.2. The van der Waals surface area contributed by atoms with Crippen LogP contribution in [0.1, 0.15) is 79.1 Å². The van der Waals surface area contributed by atoms with Crippen molar-refractivity contribution in [1.82, 2.24) is 21.3 Å². The van der Waals surface area contributed by atoms with Gasteiger partial charge in [-0.25, -0.2) is 0 Å². The number of hydrogen-bond acceptors (Lipinski definition) is 8. The summed E-state index contributed by atoms with van der Waals surface area (Å²) in [7, 11) is 0. The fourth-order valence-corrected chi connectivity index (χ4v) is 2.29. The van der Waals surface area contributed by atoms with E-state index in [-0.39, 0.29) is 39.0 Å². The molecule has 0 saturated carbocycles.